The Morgan fingerprint density at radius 3 is 2.00 bits per heavy atom. The molecule has 19 heavy (non-hydrogen) atoms. The van der Waals surface area contributed by atoms with Crippen LogP contribution in [0.2, 0.25) is 0 Å². The van der Waals surface area contributed by atoms with Gasteiger partial charge in [0.05, 0.1) is 0 Å². The van der Waals surface area contributed by atoms with Gasteiger partial charge in [-0.25, -0.2) is 0 Å². The zero-order valence-corrected chi connectivity index (χ0v) is 13.9. The third-order valence-corrected chi connectivity index (χ3v) is 4.77. The van der Waals surface area contributed by atoms with Crippen molar-refractivity contribution in [3.05, 3.63) is 0 Å². The number of nitrogens with one attached hydrogen (secondary N) is 1. The van der Waals surface area contributed by atoms with Crippen LogP contribution in [-0.4, -0.2) is 12.6 Å². The van der Waals surface area contributed by atoms with Crippen LogP contribution in [0.3, 0.4) is 0 Å². The molecule has 1 rings (SSSR count). The van der Waals surface area contributed by atoms with Crippen LogP contribution >= 0.6 is 0 Å². The van der Waals surface area contributed by atoms with Crippen molar-refractivity contribution in [2.45, 2.75) is 97.9 Å². The third-order valence-electron chi connectivity index (χ3n) is 4.77. The first-order valence-electron chi connectivity index (χ1n) is 8.78. The number of unbranched alkanes of at least 4 members (excludes halogenated alkanes) is 7. The van der Waals surface area contributed by atoms with Gasteiger partial charge >= 0.3 is 0 Å². The molecule has 0 aromatic rings. The van der Waals surface area contributed by atoms with Gasteiger partial charge in [-0.1, -0.05) is 72.6 Å². The third kappa shape index (κ3) is 7.34. The van der Waals surface area contributed by atoms with Gasteiger partial charge in [-0.15, -0.1) is 0 Å². The zero-order valence-electron chi connectivity index (χ0n) is 13.9. The standard InChI is InChI=1S/C18H37N/c1-5-6-7-8-9-10-11-12-13-19-17-15-18(3,4)14-16(17)2/h16-17,19H,5-15H2,1-4H3. The minimum absolute atomic E-state index is 0.566. The van der Waals surface area contributed by atoms with Crippen molar-refractivity contribution >= 4 is 0 Å². The summed E-state index contributed by atoms with van der Waals surface area (Å²) in [4.78, 5) is 0. The minimum atomic E-state index is 0.566. The molecule has 0 aliphatic heterocycles. The maximum absolute atomic E-state index is 3.80. The van der Waals surface area contributed by atoms with Crippen LogP contribution in [0.25, 0.3) is 0 Å². The summed E-state index contributed by atoms with van der Waals surface area (Å²) >= 11 is 0. The molecule has 0 saturated heterocycles. The second-order valence-corrected chi connectivity index (χ2v) is 7.59. The predicted octanol–water partition coefficient (Wildman–Crippen LogP) is 5.54. The monoisotopic (exact) mass is 267 g/mol. The lowest BCUT2D eigenvalue weighted by molar-refractivity contribution is 0.361. The van der Waals surface area contributed by atoms with Gasteiger partial charge < -0.3 is 5.32 Å². The highest BCUT2D eigenvalue weighted by Crippen LogP contribution is 2.40. The summed E-state index contributed by atoms with van der Waals surface area (Å²) in [6, 6.07) is 0.777. The molecule has 0 radical (unpaired) electrons. The lowest BCUT2D eigenvalue weighted by Crippen LogP contribution is -2.32. The van der Waals surface area contributed by atoms with Crippen LogP contribution in [-0.2, 0) is 0 Å². The van der Waals surface area contributed by atoms with Crippen LogP contribution in [0.5, 0.6) is 0 Å². The Morgan fingerprint density at radius 2 is 1.47 bits per heavy atom. The van der Waals surface area contributed by atoms with E-state index >= 15 is 0 Å². The predicted molar refractivity (Wildman–Crippen MR) is 86.6 cm³/mol. The Kier molecular flexibility index (Phi) is 8.06. The quantitative estimate of drug-likeness (QED) is 0.512. The number of hydrogen-bond acceptors (Lipinski definition) is 1. The van der Waals surface area contributed by atoms with E-state index in [2.05, 4.69) is 33.0 Å². The molecule has 0 bridgehead atoms. The van der Waals surface area contributed by atoms with E-state index in [1.54, 1.807) is 0 Å². The molecular formula is C18H37N. The summed E-state index contributed by atoms with van der Waals surface area (Å²) in [5.41, 5.74) is 0.566. The van der Waals surface area contributed by atoms with Crippen LogP contribution in [0.4, 0.5) is 0 Å². The van der Waals surface area contributed by atoms with Gasteiger partial charge in [-0.05, 0) is 37.1 Å². The fraction of sp³-hybridized carbons (Fsp3) is 1.00. The molecule has 1 fully saturated rings. The lowest BCUT2D eigenvalue weighted by Gasteiger charge is -2.18. The van der Waals surface area contributed by atoms with Gasteiger partial charge in [-0.2, -0.15) is 0 Å². The zero-order chi connectivity index (χ0) is 14.1. The van der Waals surface area contributed by atoms with Gasteiger partial charge in [0.1, 0.15) is 0 Å². The molecule has 1 N–H and O–H groups in total. The molecule has 1 aliphatic carbocycles. The average Bonchev–Trinajstić information content (AvgIpc) is 2.60. The fourth-order valence-electron chi connectivity index (χ4n) is 3.71. The van der Waals surface area contributed by atoms with E-state index in [1.807, 2.05) is 0 Å². The summed E-state index contributed by atoms with van der Waals surface area (Å²) in [5.74, 6) is 0.865. The second kappa shape index (κ2) is 9.00. The number of rotatable bonds is 10. The molecule has 0 spiro atoms. The molecule has 0 aromatic carbocycles. The van der Waals surface area contributed by atoms with Crippen molar-refractivity contribution in [1.82, 2.24) is 5.32 Å². The lowest BCUT2D eigenvalue weighted by atomic mass is 9.91. The van der Waals surface area contributed by atoms with E-state index in [9.17, 15) is 0 Å². The highest BCUT2D eigenvalue weighted by Gasteiger charge is 2.35. The Labute approximate surface area is 121 Å². The maximum atomic E-state index is 3.80. The minimum Gasteiger partial charge on any atom is -0.314 e. The van der Waals surface area contributed by atoms with Gasteiger partial charge in [0, 0.05) is 6.04 Å². The Morgan fingerprint density at radius 1 is 0.895 bits per heavy atom. The van der Waals surface area contributed by atoms with Gasteiger partial charge in [-0.3, -0.25) is 0 Å². The Bertz CT molecular complexity index is 222. The molecule has 114 valence electrons. The summed E-state index contributed by atoms with van der Waals surface area (Å²) in [5, 5.41) is 3.80. The smallest absolute Gasteiger partial charge is 0.00979 e. The number of hydrogen-bond donors (Lipinski definition) is 1. The van der Waals surface area contributed by atoms with E-state index in [0.717, 1.165) is 12.0 Å². The SMILES string of the molecule is CCCCCCCCCCNC1CC(C)(C)CC1C. The van der Waals surface area contributed by atoms with E-state index < -0.39 is 0 Å². The van der Waals surface area contributed by atoms with Gasteiger partial charge in [0.2, 0.25) is 0 Å². The summed E-state index contributed by atoms with van der Waals surface area (Å²) in [6.45, 7) is 10.8. The van der Waals surface area contributed by atoms with Crippen LogP contribution in [0.1, 0.15) is 91.9 Å². The second-order valence-electron chi connectivity index (χ2n) is 7.59. The van der Waals surface area contributed by atoms with Crippen molar-refractivity contribution in [1.29, 1.82) is 0 Å². The van der Waals surface area contributed by atoms with Gasteiger partial charge in [0.25, 0.3) is 0 Å². The van der Waals surface area contributed by atoms with E-state index in [1.165, 1.54) is 70.8 Å². The van der Waals surface area contributed by atoms with Crippen LogP contribution in [0.15, 0.2) is 0 Å². The van der Waals surface area contributed by atoms with E-state index in [4.69, 9.17) is 0 Å². The van der Waals surface area contributed by atoms with Gasteiger partial charge in [0.15, 0.2) is 0 Å². The highest BCUT2D eigenvalue weighted by atomic mass is 14.9. The fourth-order valence-corrected chi connectivity index (χ4v) is 3.71. The summed E-state index contributed by atoms with van der Waals surface area (Å²) in [6.07, 6.45) is 14.1. The molecule has 1 nitrogen and oxygen atoms in total. The molecule has 0 aromatic heterocycles. The Hall–Kier alpha value is -0.0400. The molecule has 2 unspecified atom stereocenters. The first-order chi connectivity index (χ1) is 9.05. The largest absolute Gasteiger partial charge is 0.314 e. The van der Waals surface area contributed by atoms with Crippen LogP contribution < -0.4 is 5.32 Å². The molecule has 1 heteroatoms. The molecular weight excluding hydrogens is 230 g/mol. The maximum Gasteiger partial charge on any atom is 0.00979 e. The topological polar surface area (TPSA) is 12.0 Å². The summed E-state index contributed by atoms with van der Waals surface area (Å²) < 4.78 is 0. The first kappa shape index (κ1) is 17.0. The molecule has 0 amide bonds. The first-order valence-corrected chi connectivity index (χ1v) is 8.78. The average molecular weight is 268 g/mol. The van der Waals surface area contributed by atoms with Crippen LogP contribution in [0, 0.1) is 11.3 Å². The van der Waals surface area contributed by atoms with Crippen molar-refractivity contribution < 1.29 is 0 Å². The normalized spacial score (nSPS) is 25.9. The Balaban J connectivity index is 1.91. The molecule has 1 saturated carbocycles. The van der Waals surface area contributed by atoms with Crippen molar-refractivity contribution in [3.63, 3.8) is 0 Å². The molecule has 2 atom stereocenters. The van der Waals surface area contributed by atoms with Crippen molar-refractivity contribution in [2.75, 3.05) is 6.54 Å². The molecule has 0 heterocycles. The van der Waals surface area contributed by atoms with Crippen molar-refractivity contribution in [2.24, 2.45) is 11.3 Å². The van der Waals surface area contributed by atoms with E-state index in [-0.39, 0.29) is 0 Å². The molecule has 1 aliphatic rings. The summed E-state index contributed by atoms with van der Waals surface area (Å²) in [7, 11) is 0. The van der Waals surface area contributed by atoms with E-state index in [0.29, 0.717) is 5.41 Å². The van der Waals surface area contributed by atoms with Crippen molar-refractivity contribution in [3.8, 4) is 0 Å². The highest BCUT2D eigenvalue weighted by molar-refractivity contribution is 4.90.